The Hall–Kier alpha value is -1.75. The van der Waals surface area contributed by atoms with Gasteiger partial charge in [0.1, 0.15) is 5.75 Å². The van der Waals surface area contributed by atoms with Crippen LogP contribution >= 0.6 is 0 Å². The van der Waals surface area contributed by atoms with Crippen LogP contribution in [0.1, 0.15) is 32.1 Å². The summed E-state index contributed by atoms with van der Waals surface area (Å²) < 4.78 is 10.7. The lowest BCUT2D eigenvalue weighted by Crippen LogP contribution is -2.36. The molecule has 1 saturated carbocycles. The molecule has 116 valence electrons. The summed E-state index contributed by atoms with van der Waals surface area (Å²) in [7, 11) is 1.67. The van der Waals surface area contributed by atoms with Crippen molar-refractivity contribution in [2.24, 2.45) is 0 Å². The first-order valence-corrected chi connectivity index (χ1v) is 7.58. The molecule has 0 bridgehead atoms. The molecule has 2 amide bonds. The van der Waals surface area contributed by atoms with Gasteiger partial charge in [-0.15, -0.1) is 0 Å². The molecule has 0 atom stereocenters. The fourth-order valence-electron chi connectivity index (χ4n) is 2.50. The second kappa shape index (κ2) is 8.52. The molecule has 0 aromatic heterocycles. The summed E-state index contributed by atoms with van der Waals surface area (Å²) in [5.41, 5.74) is 0.699. The van der Waals surface area contributed by atoms with Gasteiger partial charge in [-0.05, 0) is 25.0 Å². The van der Waals surface area contributed by atoms with Gasteiger partial charge in [0.25, 0.3) is 0 Å². The van der Waals surface area contributed by atoms with E-state index in [1.165, 1.54) is 12.8 Å². The topological polar surface area (TPSA) is 59.6 Å². The molecule has 2 rings (SSSR count). The number of hydrogen-bond donors (Lipinski definition) is 2. The van der Waals surface area contributed by atoms with Gasteiger partial charge in [-0.1, -0.05) is 25.0 Å². The third-order valence-corrected chi connectivity index (χ3v) is 3.58. The van der Waals surface area contributed by atoms with Crippen molar-refractivity contribution in [3.05, 3.63) is 24.3 Å². The highest BCUT2D eigenvalue weighted by Crippen LogP contribution is 2.24. The molecule has 1 aliphatic carbocycles. The second-order valence-electron chi connectivity index (χ2n) is 5.27. The predicted molar refractivity (Wildman–Crippen MR) is 82.8 cm³/mol. The van der Waals surface area contributed by atoms with Crippen molar-refractivity contribution in [3.63, 3.8) is 0 Å². The Morgan fingerprint density at radius 1 is 1.24 bits per heavy atom. The van der Waals surface area contributed by atoms with Crippen LogP contribution in [0.25, 0.3) is 0 Å². The van der Waals surface area contributed by atoms with Crippen molar-refractivity contribution in [1.82, 2.24) is 5.32 Å². The average Bonchev–Trinajstić information content (AvgIpc) is 2.98. The van der Waals surface area contributed by atoms with Crippen LogP contribution in [0.5, 0.6) is 5.75 Å². The summed E-state index contributed by atoms with van der Waals surface area (Å²) in [4.78, 5) is 12.0. The fraction of sp³-hybridized carbons (Fsp3) is 0.562. The molecule has 1 aromatic rings. The van der Waals surface area contributed by atoms with Crippen molar-refractivity contribution in [1.29, 1.82) is 0 Å². The highest BCUT2D eigenvalue weighted by atomic mass is 16.5. The Kier molecular flexibility index (Phi) is 6.34. The van der Waals surface area contributed by atoms with Gasteiger partial charge >= 0.3 is 6.03 Å². The minimum absolute atomic E-state index is 0.158. The quantitative estimate of drug-likeness (QED) is 0.759. The molecule has 1 aliphatic rings. The number of methoxy groups -OCH3 is 1. The summed E-state index contributed by atoms with van der Waals surface area (Å²) >= 11 is 0. The van der Waals surface area contributed by atoms with Crippen molar-refractivity contribution in [3.8, 4) is 5.75 Å². The number of para-hydroxylation sites is 2. The monoisotopic (exact) mass is 292 g/mol. The molecule has 0 heterocycles. The van der Waals surface area contributed by atoms with Crippen LogP contribution in [-0.4, -0.2) is 32.4 Å². The smallest absolute Gasteiger partial charge is 0.319 e. The number of benzene rings is 1. The van der Waals surface area contributed by atoms with E-state index in [0.717, 1.165) is 19.3 Å². The lowest BCUT2D eigenvalue weighted by Gasteiger charge is -2.15. The van der Waals surface area contributed by atoms with Crippen LogP contribution in [-0.2, 0) is 4.74 Å². The molecule has 1 aromatic carbocycles. The summed E-state index contributed by atoms with van der Waals surface area (Å²) in [6.45, 7) is 1.23. The van der Waals surface area contributed by atoms with E-state index in [1.54, 1.807) is 7.11 Å². The van der Waals surface area contributed by atoms with Crippen LogP contribution < -0.4 is 15.4 Å². The molecule has 0 saturated heterocycles. The second-order valence-corrected chi connectivity index (χ2v) is 5.27. The van der Waals surface area contributed by atoms with Crippen LogP contribution in [0.15, 0.2) is 24.3 Å². The highest BCUT2D eigenvalue weighted by molar-refractivity contribution is 5.91. The molecule has 2 N–H and O–H groups in total. The lowest BCUT2D eigenvalue weighted by atomic mass is 10.2. The van der Waals surface area contributed by atoms with Crippen LogP contribution in [0, 0.1) is 0 Å². The number of rotatable bonds is 7. The molecule has 0 unspecified atom stereocenters. The maximum absolute atomic E-state index is 12.0. The maximum atomic E-state index is 12.0. The Morgan fingerprint density at radius 2 is 2.00 bits per heavy atom. The van der Waals surface area contributed by atoms with Crippen molar-refractivity contribution >= 4 is 11.7 Å². The van der Waals surface area contributed by atoms with Gasteiger partial charge in [0.2, 0.25) is 0 Å². The van der Waals surface area contributed by atoms with E-state index in [1.807, 2.05) is 24.3 Å². The van der Waals surface area contributed by atoms with Gasteiger partial charge in [0.15, 0.2) is 0 Å². The number of hydrogen-bond acceptors (Lipinski definition) is 3. The van der Waals surface area contributed by atoms with Crippen molar-refractivity contribution in [2.75, 3.05) is 25.6 Å². The number of nitrogens with one attached hydrogen (secondary N) is 2. The molecule has 5 heteroatoms. The van der Waals surface area contributed by atoms with Gasteiger partial charge in [-0.2, -0.15) is 0 Å². The van der Waals surface area contributed by atoms with E-state index in [9.17, 15) is 4.79 Å². The Balaban J connectivity index is 1.84. The SMILES string of the molecule is COCCCOc1ccccc1NC(=O)NC1CCCC1. The number of anilines is 1. The Bertz CT molecular complexity index is 445. The van der Waals surface area contributed by atoms with Crippen molar-refractivity contribution in [2.45, 2.75) is 38.1 Å². The number of ether oxygens (including phenoxy) is 2. The van der Waals surface area contributed by atoms with E-state index in [0.29, 0.717) is 30.7 Å². The largest absolute Gasteiger partial charge is 0.491 e. The highest BCUT2D eigenvalue weighted by Gasteiger charge is 2.17. The van der Waals surface area contributed by atoms with Gasteiger partial charge in [0.05, 0.1) is 12.3 Å². The van der Waals surface area contributed by atoms with E-state index >= 15 is 0 Å². The van der Waals surface area contributed by atoms with E-state index in [2.05, 4.69) is 10.6 Å². The Labute approximate surface area is 126 Å². The van der Waals surface area contributed by atoms with Crippen LogP contribution in [0.2, 0.25) is 0 Å². The number of amides is 2. The number of urea groups is 1. The normalized spacial score (nSPS) is 14.9. The van der Waals surface area contributed by atoms with Gasteiger partial charge < -0.3 is 20.1 Å². The first-order valence-electron chi connectivity index (χ1n) is 7.58. The van der Waals surface area contributed by atoms with E-state index < -0.39 is 0 Å². The summed E-state index contributed by atoms with van der Waals surface area (Å²) in [6.07, 6.45) is 5.36. The van der Waals surface area contributed by atoms with Crippen LogP contribution in [0.4, 0.5) is 10.5 Å². The molecule has 0 aliphatic heterocycles. The minimum Gasteiger partial charge on any atom is -0.491 e. The minimum atomic E-state index is -0.158. The molecule has 0 radical (unpaired) electrons. The number of carbonyl (C=O) groups excluding carboxylic acids is 1. The summed E-state index contributed by atoms with van der Waals surface area (Å²) in [5.74, 6) is 0.690. The van der Waals surface area contributed by atoms with E-state index in [4.69, 9.17) is 9.47 Å². The predicted octanol–water partition coefficient (Wildman–Crippen LogP) is 3.17. The average molecular weight is 292 g/mol. The van der Waals surface area contributed by atoms with Gasteiger partial charge in [-0.3, -0.25) is 0 Å². The zero-order chi connectivity index (χ0) is 14.9. The third-order valence-electron chi connectivity index (χ3n) is 3.58. The lowest BCUT2D eigenvalue weighted by molar-refractivity contribution is 0.172. The zero-order valence-electron chi connectivity index (χ0n) is 12.6. The Morgan fingerprint density at radius 3 is 2.76 bits per heavy atom. The summed E-state index contributed by atoms with van der Waals surface area (Å²) in [6, 6.07) is 7.63. The molecule has 0 spiro atoms. The molecule has 1 fully saturated rings. The molecule has 5 nitrogen and oxygen atoms in total. The number of carbonyl (C=O) groups is 1. The van der Waals surface area contributed by atoms with Gasteiger partial charge in [0, 0.05) is 26.2 Å². The molecular weight excluding hydrogens is 268 g/mol. The standard InChI is InChI=1S/C16H24N2O3/c1-20-11-6-12-21-15-10-5-4-9-14(15)18-16(19)17-13-7-2-3-8-13/h4-5,9-10,13H,2-3,6-8,11-12H2,1H3,(H2,17,18,19). The van der Waals surface area contributed by atoms with Crippen LogP contribution in [0.3, 0.4) is 0 Å². The third kappa shape index (κ3) is 5.27. The first kappa shape index (κ1) is 15.6. The van der Waals surface area contributed by atoms with E-state index in [-0.39, 0.29) is 6.03 Å². The summed E-state index contributed by atoms with van der Waals surface area (Å²) in [5, 5.41) is 5.88. The maximum Gasteiger partial charge on any atom is 0.319 e. The zero-order valence-corrected chi connectivity index (χ0v) is 12.6. The molecular formula is C16H24N2O3. The van der Waals surface area contributed by atoms with Crippen molar-refractivity contribution < 1.29 is 14.3 Å². The first-order chi connectivity index (χ1) is 10.3. The molecule has 21 heavy (non-hydrogen) atoms. The van der Waals surface area contributed by atoms with Gasteiger partial charge in [-0.25, -0.2) is 4.79 Å². The fourth-order valence-corrected chi connectivity index (χ4v) is 2.50.